The van der Waals surface area contributed by atoms with Gasteiger partial charge < -0.3 is 10.3 Å². The summed E-state index contributed by atoms with van der Waals surface area (Å²) in [6.07, 6.45) is -0.578. The summed E-state index contributed by atoms with van der Waals surface area (Å²) in [6.45, 7) is 0.415. The zero-order valence-corrected chi connectivity index (χ0v) is 13.9. The molecule has 0 aliphatic heterocycles. The summed E-state index contributed by atoms with van der Waals surface area (Å²) in [5.41, 5.74) is 0.191. The Balaban J connectivity index is 1.66. The molecule has 0 fully saturated rings. The molecule has 3 aromatic rings. The lowest BCUT2D eigenvalue weighted by Crippen LogP contribution is -2.24. The van der Waals surface area contributed by atoms with Crippen LogP contribution in [-0.2, 0) is 19.6 Å². The molecular weight excluding hydrogens is 355 g/mol. The summed E-state index contributed by atoms with van der Waals surface area (Å²) >= 11 is 1.10. The topological polar surface area (TPSA) is 75.6 Å². The zero-order chi connectivity index (χ0) is 18.0. The fraction of sp³-hybridized carbons (Fsp3) is 0.267. The number of aromatic nitrogens is 4. The lowest BCUT2D eigenvalue weighted by Gasteiger charge is -2.04. The van der Waals surface area contributed by atoms with E-state index in [-0.39, 0.29) is 11.6 Å². The molecule has 0 aliphatic carbocycles. The van der Waals surface area contributed by atoms with Gasteiger partial charge in [0.1, 0.15) is 11.4 Å². The van der Waals surface area contributed by atoms with Gasteiger partial charge in [0.25, 0.3) is 5.91 Å². The number of aromatic amines is 1. The van der Waals surface area contributed by atoms with E-state index >= 15 is 0 Å². The smallest absolute Gasteiger partial charge is 0.351 e. The predicted molar refractivity (Wildman–Crippen MR) is 86.1 cm³/mol. The normalized spacial score (nSPS) is 11.7. The van der Waals surface area contributed by atoms with Crippen LogP contribution in [0.1, 0.15) is 21.1 Å². The van der Waals surface area contributed by atoms with Crippen molar-refractivity contribution in [3.05, 3.63) is 47.0 Å². The number of halogens is 3. The SMILES string of the molecule is Cn1nc(-c2ccc(C(=O)NCCc3c[nH]cn3)s2)cc1C(F)(F)F. The van der Waals surface area contributed by atoms with E-state index in [1.54, 1.807) is 24.7 Å². The minimum Gasteiger partial charge on any atom is -0.351 e. The number of rotatable bonds is 5. The largest absolute Gasteiger partial charge is 0.433 e. The number of nitrogens with zero attached hydrogens (tertiary/aromatic N) is 3. The molecule has 0 saturated heterocycles. The molecule has 3 rings (SSSR count). The quantitative estimate of drug-likeness (QED) is 0.726. The minimum atomic E-state index is -4.47. The van der Waals surface area contributed by atoms with E-state index in [9.17, 15) is 18.0 Å². The number of thiophene rings is 1. The average Bonchev–Trinajstić information content (AvgIpc) is 3.25. The lowest BCUT2D eigenvalue weighted by molar-refractivity contribution is -0.143. The molecule has 3 aromatic heterocycles. The van der Waals surface area contributed by atoms with Crippen LogP contribution < -0.4 is 5.32 Å². The molecule has 1 amide bonds. The van der Waals surface area contributed by atoms with Gasteiger partial charge in [-0.2, -0.15) is 18.3 Å². The molecular formula is C15H14F3N5OS. The third-order valence-electron chi connectivity index (χ3n) is 3.47. The summed E-state index contributed by atoms with van der Waals surface area (Å²) in [5.74, 6) is -0.279. The monoisotopic (exact) mass is 369 g/mol. The Morgan fingerprint density at radius 2 is 2.20 bits per heavy atom. The molecule has 3 heterocycles. The number of amides is 1. The van der Waals surface area contributed by atoms with Crippen LogP contribution in [0.2, 0.25) is 0 Å². The second-order valence-electron chi connectivity index (χ2n) is 5.27. The van der Waals surface area contributed by atoms with Gasteiger partial charge in [0.15, 0.2) is 0 Å². The van der Waals surface area contributed by atoms with E-state index in [0.29, 0.717) is 22.7 Å². The van der Waals surface area contributed by atoms with Crippen molar-refractivity contribution in [2.24, 2.45) is 7.05 Å². The number of carbonyl (C=O) groups is 1. The summed E-state index contributed by atoms with van der Waals surface area (Å²) in [4.78, 5) is 19.9. The van der Waals surface area contributed by atoms with Crippen molar-refractivity contribution in [2.75, 3.05) is 6.54 Å². The van der Waals surface area contributed by atoms with Crippen molar-refractivity contribution in [3.8, 4) is 10.6 Å². The van der Waals surface area contributed by atoms with Crippen LogP contribution in [0.4, 0.5) is 13.2 Å². The summed E-state index contributed by atoms with van der Waals surface area (Å²) in [5, 5.41) is 6.63. The van der Waals surface area contributed by atoms with Crippen molar-refractivity contribution >= 4 is 17.2 Å². The van der Waals surface area contributed by atoms with Gasteiger partial charge in [0.05, 0.1) is 21.8 Å². The van der Waals surface area contributed by atoms with Crippen molar-refractivity contribution in [1.82, 2.24) is 25.1 Å². The molecule has 0 radical (unpaired) electrons. The first-order valence-corrected chi connectivity index (χ1v) is 8.13. The van der Waals surface area contributed by atoms with Crippen LogP contribution >= 0.6 is 11.3 Å². The standard InChI is InChI=1S/C15H14F3N5OS/c1-23-13(15(16,17)18)6-10(22-23)11-2-3-12(25-11)14(24)20-5-4-9-7-19-8-21-9/h2-3,6-8H,4-5H2,1H3,(H,19,21)(H,20,24). The third kappa shape index (κ3) is 3.90. The molecule has 132 valence electrons. The Hall–Kier alpha value is -2.62. The molecule has 0 atom stereocenters. The molecule has 6 nitrogen and oxygen atoms in total. The second-order valence-corrected chi connectivity index (χ2v) is 6.35. The van der Waals surface area contributed by atoms with Crippen LogP contribution in [0.5, 0.6) is 0 Å². The second kappa shape index (κ2) is 6.71. The molecule has 2 N–H and O–H groups in total. The number of H-pyrrole nitrogens is 1. The maximum Gasteiger partial charge on any atom is 0.433 e. The Labute approximate surface area is 144 Å². The van der Waals surface area contributed by atoms with E-state index in [2.05, 4.69) is 20.4 Å². The van der Waals surface area contributed by atoms with Crippen molar-refractivity contribution < 1.29 is 18.0 Å². The number of carbonyl (C=O) groups excluding carboxylic acids is 1. The number of hydrogen-bond donors (Lipinski definition) is 2. The van der Waals surface area contributed by atoms with Crippen molar-refractivity contribution in [2.45, 2.75) is 12.6 Å². The third-order valence-corrected chi connectivity index (χ3v) is 4.58. The Bertz CT molecular complexity index is 866. The highest BCUT2D eigenvalue weighted by atomic mass is 32.1. The summed E-state index contributed by atoms with van der Waals surface area (Å²) in [7, 11) is 1.24. The van der Waals surface area contributed by atoms with Crippen LogP contribution in [0, 0.1) is 0 Å². The molecule has 25 heavy (non-hydrogen) atoms. The van der Waals surface area contributed by atoms with E-state index < -0.39 is 11.9 Å². The van der Waals surface area contributed by atoms with E-state index in [1.807, 2.05) is 0 Å². The van der Waals surface area contributed by atoms with Gasteiger partial charge in [-0.15, -0.1) is 11.3 Å². The Kier molecular flexibility index (Phi) is 4.62. The van der Waals surface area contributed by atoms with E-state index in [0.717, 1.165) is 27.8 Å². The fourth-order valence-corrected chi connectivity index (χ4v) is 3.15. The highest BCUT2D eigenvalue weighted by Crippen LogP contribution is 2.34. The first kappa shape index (κ1) is 17.2. The zero-order valence-electron chi connectivity index (χ0n) is 13.1. The van der Waals surface area contributed by atoms with Gasteiger partial charge in [-0.3, -0.25) is 9.48 Å². The van der Waals surface area contributed by atoms with Gasteiger partial charge in [0, 0.05) is 26.2 Å². The fourth-order valence-electron chi connectivity index (χ4n) is 2.27. The molecule has 0 saturated carbocycles. The Morgan fingerprint density at radius 1 is 1.40 bits per heavy atom. The maximum absolute atomic E-state index is 12.8. The first-order valence-electron chi connectivity index (χ1n) is 7.32. The summed E-state index contributed by atoms with van der Waals surface area (Å²) in [6, 6.07) is 4.15. The molecule has 0 aliphatic rings. The first-order chi connectivity index (χ1) is 11.8. The van der Waals surface area contributed by atoms with E-state index in [4.69, 9.17) is 0 Å². The van der Waals surface area contributed by atoms with Crippen molar-refractivity contribution in [3.63, 3.8) is 0 Å². The highest BCUT2D eigenvalue weighted by Gasteiger charge is 2.35. The molecule has 0 bridgehead atoms. The highest BCUT2D eigenvalue weighted by molar-refractivity contribution is 7.17. The number of hydrogen-bond acceptors (Lipinski definition) is 4. The predicted octanol–water partition coefficient (Wildman–Crippen LogP) is 2.86. The van der Waals surface area contributed by atoms with E-state index in [1.165, 1.54) is 7.05 Å². The van der Waals surface area contributed by atoms with Gasteiger partial charge in [0.2, 0.25) is 0 Å². The molecule has 0 unspecified atom stereocenters. The van der Waals surface area contributed by atoms with Crippen LogP contribution in [0.15, 0.2) is 30.7 Å². The van der Waals surface area contributed by atoms with Crippen LogP contribution in [-0.4, -0.2) is 32.2 Å². The van der Waals surface area contributed by atoms with Crippen molar-refractivity contribution in [1.29, 1.82) is 0 Å². The summed E-state index contributed by atoms with van der Waals surface area (Å²) < 4.78 is 39.3. The average molecular weight is 369 g/mol. The lowest BCUT2D eigenvalue weighted by atomic mass is 10.3. The van der Waals surface area contributed by atoms with Gasteiger partial charge in [-0.25, -0.2) is 4.98 Å². The number of alkyl halides is 3. The molecule has 0 spiro atoms. The minimum absolute atomic E-state index is 0.190. The molecule has 10 heteroatoms. The van der Waals surface area contributed by atoms with Gasteiger partial charge in [-0.05, 0) is 18.2 Å². The van der Waals surface area contributed by atoms with Crippen LogP contribution in [0.25, 0.3) is 10.6 Å². The van der Waals surface area contributed by atoms with Crippen LogP contribution in [0.3, 0.4) is 0 Å². The van der Waals surface area contributed by atoms with Gasteiger partial charge >= 0.3 is 6.18 Å². The maximum atomic E-state index is 12.8. The number of imidazole rings is 1. The van der Waals surface area contributed by atoms with Gasteiger partial charge in [-0.1, -0.05) is 0 Å². The number of aryl methyl sites for hydroxylation is 1. The molecule has 0 aromatic carbocycles. The number of nitrogens with one attached hydrogen (secondary N) is 2. The Morgan fingerprint density at radius 3 is 2.84 bits per heavy atom.